The van der Waals surface area contributed by atoms with Gasteiger partial charge in [0.1, 0.15) is 23.0 Å². The number of hydrogen-bond donors (Lipinski definition) is 0. The lowest BCUT2D eigenvalue weighted by Crippen LogP contribution is -2.62. The first-order valence-electron chi connectivity index (χ1n) is 32.2. The van der Waals surface area contributed by atoms with Crippen molar-refractivity contribution < 1.29 is 9.47 Å². The number of para-hydroxylation sites is 6. The van der Waals surface area contributed by atoms with Gasteiger partial charge in [-0.25, -0.2) is 0 Å². The van der Waals surface area contributed by atoms with E-state index in [2.05, 4.69) is 286 Å². The van der Waals surface area contributed by atoms with Crippen LogP contribution in [0.1, 0.15) is 72.6 Å². The summed E-state index contributed by atoms with van der Waals surface area (Å²) in [7, 11) is 0. The summed E-state index contributed by atoms with van der Waals surface area (Å²) in [6.07, 6.45) is 5.77. The Morgan fingerprint density at radius 2 is 0.934 bits per heavy atom. The number of benzene rings is 10. The SMILES string of the molecule is CC1(C)CCC(C)(C)C2CC3=C(C=C21)Oc1cc(N2c4ccccc4Sc4ccccc42)cc2c1B3c1cc3c(cc1N2c1ccccc1)N(c1ccccc1)c1cc(N2c4ccccc4Sc4ccccc42)cc2c1B3c1ccc3sc(C(C)(C)C)cc3c1O2. The average molecular weight is 1230 g/mol. The van der Waals surface area contributed by atoms with Gasteiger partial charge in [0.05, 0.1) is 34.1 Å². The van der Waals surface area contributed by atoms with E-state index in [0.29, 0.717) is 5.92 Å². The maximum Gasteiger partial charge on any atom is 0.256 e. The number of anilines is 12. The molecule has 7 heterocycles. The van der Waals surface area contributed by atoms with E-state index in [9.17, 15) is 0 Å². The molecule has 11 aromatic rings. The quantitative estimate of drug-likeness (QED) is 0.161. The van der Waals surface area contributed by atoms with Crippen molar-refractivity contribution >= 4 is 154 Å². The first-order valence-corrected chi connectivity index (χ1v) is 34.6. The van der Waals surface area contributed by atoms with Gasteiger partial charge in [0.15, 0.2) is 0 Å². The van der Waals surface area contributed by atoms with Crippen LogP contribution in [-0.2, 0) is 5.41 Å². The van der Waals surface area contributed by atoms with Crippen molar-refractivity contribution in [3.63, 3.8) is 0 Å². The lowest BCUT2D eigenvalue weighted by molar-refractivity contribution is 0.120. The fourth-order valence-corrected chi connectivity index (χ4v) is 19.7. The Balaban J connectivity index is 0.921. The van der Waals surface area contributed by atoms with Crippen LogP contribution in [0.15, 0.2) is 255 Å². The Morgan fingerprint density at radius 1 is 0.451 bits per heavy atom. The summed E-state index contributed by atoms with van der Waals surface area (Å²) in [4.78, 5) is 16.3. The minimum atomic E-state index is -0.184. The Kier molecular flexibility index (Phi) is 11.5. The molecule has 1 aromatic heterocycles. The molecule has 8 aliphatic rings. The highest BCUT2D eigenvalue weighted by Gasteiger charge is 2.53. The van der Waals surface area contributed by atoms with Crippen molar-refractivity contribution in [2.75, 3.05) is 19.6 Å². The zero-order valence-corrected chi connectivity index (χ0v) is 54.4. The normalized spacial score (nSPS) is 18.0. The molecule has 0 N–H and O–H groups in total. The van der Waals surface area contributed by atoms with E-state index in [-0.39, 0.29) is 29.7 Å². The van der Waals surface area contributed by atoms with Gasteiger partial charge in [0.25, 0.3) is 13.4 Å². The third kappa shape index (κ3) is 7.96. The lowest BCUT2D eigenvalue weighted by atomic mass is 9.29. The second-order valence-electron chi connectivity index (χ2n) is 28.3. The molecule has 91 heavy (non-hydrogen) atoms. The third-order valence-corrected chi connectivity index (χ3v) is 24.8. The minimum Gasteiger partial charge on any atom is -0.459 e. The van der Waals surface area contributed by atoms with Crippen LogP contribution in [0.25, 0.3) is 10.1 Å². The standard InChI is InChI=1S/C80H64B2N4O2S3/c1-78(2,3)74-42-51-69(91-74)35-34-54-77(51)88-68-41-50(86-60-28-16-20-32-72(60)90-73-33-21-17-29-61(73)86)39-65-76(68)81(54)55-45-56-63(46-62(55)83(65)47-22-10-8-11-23-47)84(48-24-12-9-13-25-48)64-38-49(85-58-26-14-18-30-70(58)89-71-31-19-15-27-59(71)85)40-67-75(64)82(56)57-43-52-53(44-66(57)87-67)80(6,7)37-36-79(52,4)5/h8-35,38-42,44-46,52H,36-37,43H2,1-7H3. The Labute approximate surface area is 546 Å². The summed E-state index contributed by atoms with van der Waals surface area (Å²) in [6.45, 7) is 16.7. The smallest absolute Gasteiger partial charge is 0.256 e. The van der Waals surface area contributed by atoms with Gasteiger partial charge in [-0.3, -0.25) is 0 Å². The molecule has 2 aliphatic carbocycles. The van der Waals surface area contributed by atoms with Gasteiger partial charge in [-0.15, -0.1) is 11.3 Å². The molecule has 1 fully saturated rings. The number of ether oxygens (including phenoxy) is 2. The fourth-order valence-electron chi connectivity index (χ4n) is 16.4. The molecule has 0 saturated heterocycles. The lowest BCUT2D eigenvalue weighted by Gasteiger charge is -2.52. The average Bonchev–Trinajstić information content (AvgIpc) is 0.972. The first-order chi connectivity index (χ1) is 44.2. The van der Waals surface area contributed by atoms with E-state index in [1.807, 2.05) is 34.9 Å². The number of rotatable bonds is 4. The van der Waals surface area contributed by atoms with E-state index in [1.54, 1.807) is 0 Å². The molecule has 11 heteroatoms. The third-order valence-electron chi connectivity index (χ3n) is 21.0. The van der Waals surface area contributed by atoms with Crippen LogP contribution < -0.4 is 56.4 Å². The van der Waals surface area contributed by atoms with Crippen LogP contribution in [0, 0.1) is 16.7 Å². The van der Waals surface area contributed by atoms with Crippen LogP contribution in [0.2, 0.25) is 0 Å². The second-order valence-corrected chi connectivity index (χ2v) is 31.5. The molecule has 19 rings (SSSR count). The Hall–Kier alpha value is -8.73. The zero-order valence-electron chi connectivity index (χ0n) is 52.0. The summed E-state index contributed by atoms with van der Waals surface area (Å²) in [5.41, 5.74) is 22.6. The number of allylic oxidation sites excluding steroid dienone is 3. The van der Waals surface area contributed by atoms with Crippen molar-refractivity contribution in [2.24, 2.45) is 16.7 Å². The highest BCUT2D eigenvalue weighted by Crippen LogP contribution is 2.60. The van der Waals surface area contributed by atoms with E-state index in [4.69, 9.17) is 9.47 Å². The van der Waals surface area contributed by atoms with E-state index < -0.39 is 0 Å². The molecule has 1 atom stereocenters. The van der Waals surface area contributed by atoms with Crippen LogP contribution in [0.5, 0.6) is 17.2 Å². The van der Waals surface area contributed by atoms with Crippen molar-refractivity contribution in [3.05, 3.63) is 240 Å². The largest absolute Gasteiger partial charge is 0.459 e. The molecule has 1 unspecified atom stereocenters. The Bertz CT molecular complexity index is 4960. The Morgan fingerprint density at radius 3 is 1.47 bits per heavy atom. The maximum absolute atomic E-state index is 7.74. The molecule has 6 aliphatic heterocycles. The van der Waals surface area contributed by atoms with Gasteiger partial charge in [-0.1, -0.05) is 175 Å². The van der Waals surface area contributed by atoms with Gasteiger partial charge in [-0.2, -0.15) is 0 Å². The van der Waals surface area contributed by atoms with Gasteiger partial charge < -0.3 is 29.1 Å². The molecule has 6 nitrogen and oxygen atoms in total. The second kappa shape index (κ2) is 19.4. The van der Waals surface area contributed by atoms with E-state index in [1.165, 1.54) is 85.0 Å². The monoisotopic (exact) mass is 1230 g/mol. The number of fused-ring (bicyclic) bond motifs is 14. The van der Waals surface area contributed by atoms with Crippen molar-refractivity contribution in [3.8, 4) is 17.2 Å². The first kappa shape index (κ1) is 54.0. The maximum atomic E-state index is 7.74. The van der Waals surface area contributed by atoms with Crippen LogP contribution in [-0.4, -0.2) is 13.4 Å². The minimum absolute atomic E-state index is 0.0332. The van der Waals surface area contributed by atoms with Crippen molar-refractivity contribution in [1.82, 2.24) is 0 Å². The predicted molar refractivity (Wildman–Crippen MR) is 384 cm³/mol. The zero-order chi connectivity index (χ0) is 61.0. The van der Waals surface area contributed by atoms with Crippen molar-refractivity contribution in [1.29, 1.82) is 0 Å². The van der Waals surface area contributed by atoms with Crippen molar-refractivity contribution in [2.45, 2.75) is 92.7 Å². The highest BCUT2D eigenvalue weighted by molar-refractivity contribution is 8.00. The van der Waals surface area contributed by atoms with Crippen LogP contribution >= 0.6 is 34.9 Å². The van der Waals surface area contributed by atoms with Gasteiger partial charge in [0.2, 0.25) is 0 Å². The number of thiophene rings is 1. The van der Waals surface area contributed by atoms with Gasteiger partial charge in [0, 0.05) is 80.8 Å². The molecule has 0 radical (unpaired) electrons. The molecule has 0 spiro atoms. The summed E-state index contributed by atoms with van der Waals surface area (Å²) in [5, 5.41) is 1.17. The fraction of sp³-hybridized carbons (Fsp3) is 0.175. The van der Waals surface area contributed by atoms with Crippen LogP contribution in [0.4, 0.5) is 68.2 Å². The summed E-state index contributed by atoms with van der Waals surface area (Å²) < 4.78 is 16.7. The van der Waals surface area contributed by atoms with E-state index in [0.717, 1.165) is 98.4 Å². The molecule has 10 aromatic carbocycles. The molecule has 440 valence electrons. The predicted octanol–water partition coefficient (Wildman–Crippen LogP) is 19.8. The van der Waals surface area contributed by atoms with E-state index >= 15 is 0 Å². The number of nitrogens with zero attached hydrogens (tertiary/aromatic N) is 4. The number of hydrogen-bond acceptors (Lipinski definition) is 9. The molecule has 0 bridgehead atoms. The summed E-state index contributed by atoms with van der Waals surface area (Å²) in [5.74, 6) is 4.11. The summed E-state index contributed by atoms with van der Waals surface area (Å²) >= 11 is 5.57. The van der Waals surface area contributed by atoms with Crippen LogP contribution in [0.3, 0.4) is 0 Å². The highest BCUT2D eigenvalue weighted by atomic mass is 32.2. The molecule has 1 saturated carbocycles. The molecular weight excluding hydrogens is 1170 g/mol. The van der Waals surface area contributed by atoms with Gasteiger partial charge in [-0.05, 0) is 183 Å². The molecular formula is C80H64B2N4O2S3. The molecule has 0 amide bonds. The summed E-state index contributed by atoms with van der Waals surface area (Å²) in [6, 6.07) is 79.8. The van der Waals surface area contributed by atoms with Gasteiger partial charge >= 0.3 is 0 Å². The topological polar surface area (TPSA) is 31.4 Å².